The number of amides is 4. The van der Waals surface area contributed by atoms with Crippen LogP contribution in [0.2, 0.25) is 0 Å². The summed E-state index contributed by atoms with van der Waals surface area (Å²) >= 11 is 0. The van der Waals surface area contributed by atoms with Crippen molar-refractivity contribution in [2.75, 3.05) is 26.4 Å². The molecule has 1 unspecified atom stereocenters. The van der Waals surface area contributed by atoms with Crippen molar-refractivity contribution < 1.29 is 28.3 Å². The molecule has 44 heavy (non-hydrogen) atoms. The number of fused-ring (bicyclic) bond motifs is 4. The number of hydrogen-bond donors (Lipinski definition) is 3. The molecule has 4 rings (SSSR count). The van der Waals surface area contributed by atoms with Gasteiger partial charge in [0.05, 0.1) is 18.4 Å². The quantitative estimate of drug-likeness (QED) is 0.463. The van der Waals surface area contributed by atoms with Crippen LogP contribution in [-0.2, 0) is 32.1 Å². The van der Waals surface area contributed by atoms with Gasteiger partial charge < -0.3 is 25.6 Å². The normalized spacial score (nSPS) is 22.1. The van der Waals surface area contributed by atoms with Crippen LogP contribution < -0.4 is 20.7 Å². The minimum absolute atomic E-state index is 0.237. The van der Waals surface area contributed by atoms with Gasteiger partial charge in [-0.2, -0.15) is 0 Å². The summed E-state index contributed by atoms with van der Waals surface area (Å²) in [6.07, 6.45) is 3.07. The second kappa shape index (κ2) is 15.2. The van der Waals surface area contributed by atoms with Gasteiger partial charge >= 0.3 is 0 Å². The van der Waals surface area contributed by atoms with Gasteiger partial charge in [0.1, 0.15) is 24.5 Å². The first-order chi connectivity index (χ1) is 21.1. The van der Waals surface area contributed by atoms with E-state index >= 15 is 0 Å². The number of ether oxygens (including phenoxy) is 1. The van der Waals surface area contributed by atoms with Gasteiger partial charge in [-0.3, -0.25) is 19.2 Å². The van der Waals surface area contributed by atoms with Crippen molar-refractivity contribution in [1.29, 1.82) is 0 Å². The van der Waals surface area contributed by atoms with Crippen molar-refractivity contribution in [3.05, 3.63) is 65.2 Å². The molecule has 3 N–H and O–H groups in total. The lowest BCUT2D eigenvalue weighted by Gasteiger charge is -2.34. The van der Waals surface area contributed by atoms with Gasteiger partial charge in [-0.25, -0.2) is 4.39 Å². The SMILES string of the molecule is Cc1ccc2cc1CNC(=O)[C@H](CCc1ccccc1)NC(=O)[C@@H](NC(=O)C(C)(C)CF)CC(=O)N1CCCC(CCO2)C1. The maximum absolute atomic E-state index is 13.8. The zero-order chi connectivity index (χ0) is 31.7. The van der Waals surface area contributed by atoms with E-state index in [2.05, 4.69) is 16.0 Å². The Labute approximate surface area is 259 Å². The largest absolute Gasteiger partial charge is 0.494 e. The fraction of sp³-hybridized carbons (Fsp3) is 0.529. The van der Waals surface area contributed by atoms with Crippen LogP contribution in [0.1, 0.15) is 62.6 Å². The summed E-state index contributed by atoms with van der Waals surface area (Å²) in [6.45, 7) is 5.72. The predicted molar refractivity (Wildman–Crippen MR) is 165 cm³/mol. The number of carbonyl (C=O) groups is 4. The topological polar surface area (TPSA) is 117 Å². The van der Waals surface area contributed by atoms with E-state index in [4.69, 9.17) is 4.74 Å². The monoisotopic (exact) mass is 608 g/mol. The number of carbonyl (C=O) groups excluding carboxylic acids is 4. The molecule has 2 aliphatic heterocycles. The van der Waals surface area contributed by atoms with E-state index in [1.165, 1.54) is 13.8 Å². The zero-order valence-corrected chi connectivity index (χ0v) is 26.0. The summed E-state index contributed by atoms with van der Waals surface area (Å²) in [5, 5.41) is 8.38. The van der Waals surface area contributed by atoms with Crippen molar-refractivity contribution in [3.63, 3.8) is 0 Å². The molecule has 0 spiro atoms. The number of rotatable bonds is 6. The molecule has 0 aromatic heterocycles. The number of halogens is 1. The fourth-order valence-electron chi connectivity index (χ4n) is 5.53. The summed E-state index contributed by atoms with van der Waals surface area (Å²) in [4.78, 5) is 55.5. The Morgan fingerprint density at radius 2 is 1.86 bits per heavy atom. The predicted octanol–water partition coefficient (Wildman–Crippen LogP) is 3.62. The lowest BCUT2D eigenvalue weighted by molar-refractivity contribution is -0.140. The highest BCUT2D eigenvalue weighted by atomic mass is 19.1. The Morgan fingerprint density at radius 1 is 1.09 bits per heavy atom. The molecule has 0 radical (unpaired) electrons. The first-order valence-electron chi connectivity index (χ1n) is 15.5. The van der Waals surface area contributed by atoms with E-state index < -0.39 is 36.0 Å². The molecule has 4 amide bonds. The molecule has 0 aliphatic carbocycles. The van der Waals surface area contributed by atoms with Crippen LogP contribution in [0.5, 0.6) is 5.75 Å². The number of piperidine rings is 1. The number of nitrogens with one attached hydrogen (secondary N) is 3. The van der Waals surface area contributed by atoms with E-state index in [0.717, 1.165) is 36.0 Å². The van der Waals surface area contributed by atoms with Crippen LogP contribution in [0.4, 0.5) is 4.39 Å². The zero-order valence-electron chi connectivity index (χ0n) is 26.0. The third-order valence-corrected chi connectivity index (χ3v) is 8.59. The van der Waals surface area contributed by atoms with Crippen molar-refractivity contribution in [3.8, 4) is 5.75 Å². The Morgan fingerprint density at radius 3 is 2.61 bits per heavy atom. The molecular weight excluding hydrogens is 563 g/mol. The summed E-state index contributed by atoms with van der Waals surface area (Å²) in [6, 6.07) is 13.2. The van der Waals surface area contributed by atoms with Crippen LogP contribution in [0, 0.1) is 18.3 Å². The van der Waals surface area contributed by atoms with Crippen molar-refractivity contribution in [2.24, 2.45) is 11.3 Å². The van der Waals surface area contributed by atoms with E-state index in [9.17, 15) is 23.6 Å². The Bertz CT molecular complexity index is 1320. The summed E-state index contributed by atoms with van der Waals surface area (Å²) in [5.41, 5.74) is 1.51. The molecule has 238 valence electrons. The fourth-order valence-corrected chi connectivity index (χ4v) is 5.53. The summed E-state index contributed by atoms with van der Waals surface area (Å²) < 4.78 is 19.7. The van der Waals surface area contributed by atoms with Crippen molar-refractivity contribution >= 4 is 23.6 Å². The van der Waals surface area contributed by atoms with Crippen molar-refractivity contribution in [1.82, 2.24) is 20.9 Å². The number of aryl methyl sites for hydroxylation is 2. The second-order valence-electron chi connectivity index (χ2n) is 12.6. The maximum Gasteiger partial charge on any atom is 0.243 e. The Kier molecular flexibility index (Phi) is 11.4. The smallest absolute Gasteiger partial charge is 0.243 e. The minimum atomic E-state index is -1.39. The standard InChI is InChI=1S/C34H45FN4O5/c1-23-11-13-27-18-26(23)20-36-31(41)28(14-12-24-8-5-4-6-9-24)37-32(42)29(38-33(43)34(2,3)22-35)19-30(40)39-16-7-10-25(21-39)15-17-44-27/h4-6,8-9,11,13,18,25,28-29H,7,10,12,14-17,19-22H2,1-3H3,(H,36,41)(H,37,42)(H,38,43)/t25?,28-,29-/m0/s1. The second-order valence-corrected chi connectivity index (χ2v) is 12.6. The minimum Gasteiger partial charge on any atom is -0.494 e. The average molecular weight is 609 g/mol. The van der Waals surface area contributed by atoms with Gasteiger partial charge in [0, 0.05) is 19.6 Å². The van der Waals surface area contributed by atoms with Crippen LogP contribution in [0.15, 0.2) is 48.5 Å². The lowest BCUT2D eigenvalue weighted by atomic mass is 9.93. The highest BCUT2D eigenvalue weighted by Gasteiger charge is 2.35. The molecule has 1 fully saturated rings. The maximum atomic E-state index is 13.8. The molecule has 0 saturated carbocycles. The molecule has 2 aliphatic rings. The van der Waals surface area contributed by atoms with Crippen LogP contribution >= 0.6 is 0 Å². The number of nitrogens with zero attached hydrogens (tertiary/aromatic N) is 1. The van der Waals surface area contributed by atoms with Crippen molar-refractivity contribution in [2.45, 2.75) is 77.9 Å². The molecule has 2 heterocycles. The van der Waals surface area contributed by atoms with Crippen LogP contribution in [-0.4, -0.2) is 67.0 Å². The van der Waals surface area contributed by atoms with Gasteiger partial charge in [0.2, 0.25) is 23.6 Å². The van der Waals surface area contributed by atoms with E-state index in [0.29, 0.717) is 38.3 Å². The summed E-state index contributed by atoms with van der Waals surface area (Å²) in [7, 11) is 0. The molecule has 2 aromatic rings. The van der Waals surface area contributed by atoms with Crippen LogP contribution in [0.3, 0.4) is 0 Å². The lowest BCUT2D eigenvalue weighted by Crippen LogP contribution is -2.57. The van der Waals surface area contributed by atoms with Gasteiger partial charge in [-0.15, -0.1) is 0 Å². The third-order valence-electron chi connectivity index (χ3n) is 8.59. The number of hydrogen-bond acceptors (Lipinski definition) is 5. The van der Waals surface area contributed by atoms with Gasteiger partial charge in [-0.1, -0.05) is 36.4 Å². The molecule has 10 heteroatoms. The highest BCUT2D eigenvalue weighted by molar-refractivity contribution is 5.95. The van der Waals surface area contributed by atoms with Gasteiger partial charge in [0.15, 0.2) is 0 Å². The third kappa shape index (κ3) is 9.03. The molecule has 2 aromatic carbocycles. The molecular formula is C34H45FN4O5. The van der Waals surface area contributed by atoms with Gasteiger partial charge in [0.25, 0.3) is 0 Å². The molecule has 4 bridgehead atoms. The van der Waals surface area contributed by atoms with E-state index in [-0.39, 0.29) is 30.7 Å². The van der Waals surface area contributed by atoms with E-state index in [1.54, 1.807) is 4.90 Å². The van der Waals surface area contributed by atoms with Crippen LogP contribution in [0.25, 0.3) is 0 Å². The molecule has 1 saturated heterocycles. The Hall–Kier alpha value is -3.95. The molecule has 9 nitrogen and oxygen atoms in total. The summed E-state index contributed by atoms with van der Waals surface area (Å²) in [5.74, 6) is -1.04. The molecule has 3 atom stereocenters. The number of alkyl halides is 1. The Balaban J connectivity index is 1.62. The first-order valence-corrected chi connectivity index (χ1v) is 15.5. The average Bonchev–Trinajstić information content (AvgIpc) is 3.02. The number of benzene rings is 2. The van der Waals surface area contributed by atoms with E-state index in [1.807, 2.05) is 55.5 Å². The highest BCUT2D eigenvalue weighted by Crippen LogP contribution is 2.23. The first kappa shape index (κ1) is 33.0. The van der Waals surface area contributed by atoms with Gasteiger partial charge in [-0.05, 0) is 87.6 Å².